The Morgan fingerprint density at radius 1 is 1.25 bits per heavy atom. The monoisotopic (exact) mass is 255 g/mol. The van der Waals surface area contributed by atoms with Crippen LogP contribution in [0.25, 0.3) is 0 Å². The molecule has 0 aliphatic carbocycles. The molecule has 0 atom stereocenters. The lowest BCUT2D eigenvalue weighted by atomic mass is 10.2. The third kappa shape index (κ3) is 2.34. The number of hydrogen-bond donors (Lipinski definition) is 1. The fourth-order valence-corrected chi connectivity index (χ4v) is 2.26. The molecule has 1 rings (SSSR count). The molecule has 16 heavy (non-hydrogen) atoms. The second kappa shape index (κ2) is 4.04. The lowest BCUT2D eigenvalue weighted by Crippen LogP contribution is -2.40. The van der Waals surface area contributed by atoms with Crippen LogP contribution in [-0.4, -0.2) is 24.4 Å². The molecule has 1 N–H and O–H groups in total. The topological polar surface area (TPSA) is 57.6 Å². The number of benzene rings is 1. The van der Waals surface area contributed by atoms with Gasteiger partial charge in [-0.25, -0.2) is 8.42 Å². The highest BCUT2D eigenvalue weighted by atomic mass is 32.2. The van der Waals surface area contributed by atoms with E-state index < -0.39 is 25.7 Å². The average Bonchev–Trinajstić information content (AvgIpc) is 2.15. The number of alkyl halides is 3. The van der Waals surface area contributed by atoms with Crippen LogP contribution in [0, 0.1) is 6.92 Å². The molecule has 0 saturated carbocycles. The molecule has 0 spiro atoms. The number of hydrogen-bond acceptors (Lipinski definition) is 3. The molecule has 90 valence electrons. The van der Waals surface area contributed by atoms with Gasteiger partial charge in [-0.1, -0.05) is 18.2 Å². The van der Waals surface area contributed by atoms with E-state index in [2.05, 4.69) is 0 Å². The molecule has 0 aromatic heterocycles. The first kappa shape index (κ1) is 12.9. The standard InChI is InChI=1S/C8H8F3NO3S/c1-6-4-2-3-5-7(6)16(14,15)12(13)8(9,10)11/h2-5,13H,1H3. The number of nitrogens with zero attached hydrogens (tertiary/aromatic N) is 1. The Labute approximate surface area is 89.9 Å². The Kier molecular flexibility index (Phi) is 3.27. The van der Waals surface area contributed by atoms with Crippen molar-refractivity contribution in [1.29, 1.82) is 0 Å². The van der Waals surface area contributed by atoms with E-state index in [0.29, 0.717) is 0 Å². The number of sulfonamides is 1. The van der Waals surface area contributed by atoms with E-state index in [1.165, 1.54) is 25.1 Å². The molecule has 0 unspecified atom stereocenters. The lowest BCUT2D eigenvalue weighted by molar-refractivity contribution is -0.303. The normalized spacial score (nSPS) is 13.1. The van der Waals surface area contributed by atoms with Crippen LogP contribution >= 0.6 is 0 Å². The quantitative estimate of drug-likeness (QED) is 0.648. The van der Waals surface area contributed by atoms with Crippen molar-refractivity contribution in [2.75, 3.05) is 0 Å². The van der Waals surface area contributed by atoms with Crippen LogP contribution in [0.5, 0.6) is 0 Å². The van der Waals surface area contributed by atoms with Crippen molar-refractivity contribution in [3.05, 3.63) is 29.8 Å². The first-order chi connectivity index (χ1) is 7.17. The van der Waals surface area contributed by atoms with Crippen LogP contribution in [0.15, 0.2) is 29.2 Å². The highest BCUT2D eigenvalue weighted by molar-refractivity contribution is 7.89. The van der Waals surface area contributed by atoms with Gasteiger partial charge in [0.2, 0.25) is 0 Å². The third-order valence-corrected chi connectivity index (χ3v) is 3.49. The van der Waals surface area contributed by atoms with Crippen LogP contribution < -0.4 is 0 Å². The number of hydroxylamine groups is 1. The zero-order valence-electron chi connectivity index (χ0n) is 8.06. The fourth-order valence-electron chi connectivity index (χ4n) is 1.08. The van der Waals surface area contributed by atoms with E-state index in [1.807, 2.05) is 0 Å². The van der Waals surface area contributed by atoms with Crippen LogP contribution in [0.4, 0.5) is 13.2 Å². The Bertz CT molecular complexity index is 484. The van der Waals surface area contributed by atoms with E-state index in [-0.39, 0.29) is 5.56 Å². The molecule has 0 aliphatic heterocycles. The highest BCUT2D eigenvalue weighted by Gasteiger charge is 2.46. The molecule has 1 aromatic carbocycles. The predicted octanol–water partition coefficient (Wildman–Crippen LogP) is 1.89. The van der Waals surface area contributed by atoms with Gasteiger partial charge in [-0.2, -0.15) is 13.2 Å². The van der Waals surface area contributed by atoms with Crippen molar-refractivity contribution in [2.24, 2.45) is 0 Å². The summed E-state index contributed by atoms with van der Waals surface area (Å²) in [7, 11) is -4.96. The van der Waals surface area contributed by atoms with Gasteiger partial charge in [0.1, 0.15) is 0 Å². The van der Waals surface area contributed by atoms with Gasteiger partial charge in [-0.3, -0.25) is 5.21 Å². The fraction of sp³-hybridized carbons (Fsp3) is 0.250. The molecule has 0 fully saturated rings. The SMILES string of the molecule is Cc1ccccc1S(=O)(=O)N(O)C(F)(F)F. The van der Waals surface area contributed by atoms with Crippen molar-refractivity contribution in [1.82, 2.24) is 4.47 Å². The summed E-state index contributed by atoms with van der Waals surface area (Å²) >= 11 is 0. The predicted molar refractivity (Wildman–Crippen MR) is 48.0 cm³/mol. The van der Waals surface area contributed by atoms with E-state index >= 15 is 0 Å². The molecule has 0 saturated heterocycles. The Morgan fingerprint density at radius 3 is 2.19 bits per heavy atom. The third-order valence-electron chi connectivity index (χ3n) is 1.82. The van der Waals surface area contributed by atoms with Crippen molar-refractivity contribution in [3.63, 3.8) is 0 Å². The minimum atomic E-state index is -5.36. The average molecular weight is 255 g/mol. The van der Waals surface area contributed by atoms with Gasteiger partial charge >= 0.3 is 6.30 Å². The van der Waals surface area contributed by atoms with Crippen molar-refractivity contribution >= 4 is 10.0 Å². The van der Waals surface area contributed by atoms with Gasteiger partial charge in [-0.05, 0) is 18.6 Å². The summed E-state index contributed by atoms with van der Waals surface area (Å²) in [5.41, 5.74) is 0.116. The van der Waals surface area contributed by atoms with Crippen molar-refractivity contribution in [2.45, 2.75) is 18.1 Å². The Balaban J connectivity index is 3.29. The summed E-state index contributed by atoms with van der Waals surface area (Å²) < 4.78 is 57.3. The smallest absolute Gasteiger partial charge is 0.292 e. The summed E-state index contributed by atoms with van der Waals surface area (Å²) in [5, 5.41) is 8.61. The molecule has 1 aromatic rings. The maximum atomic E-state index is 12.1. The lowest BCUT2D eigenvalue weighted by Gasteiger charge is -2.18. The van der Waals surface area contributed by atoms with Crippen LogP contribution in [0.3, 0.4) is 0 Å². The molecule has 0 amide bonds. The summed E-state index contributed by atoms with van der Waals surface area (Å²) in [6, 6.07) is 5.06. The molecular formula is C8H8F3NO3S. The van der Waals surface area contributed by atoms with Gasteiger partial charge in [-0.15, -0.1) is 0 Å². The van der Waals surface area contributed by atoms with Gasteiger partial charge in [0.25, 0.3) is 10.0 Å². The Morgan fingerprint density at radius 2 is 1.75 bits per heavy atom. The summed E-state index contributed by atoms with van der Waals surface area (Å²) in [4.78, 5) is -0.588. The maximum absolute atomic E-state index is 12.1. The summed E-state index contributed by atoms with van der Waals surface area (Å²) in [6.07, 6.45) is -5.36. The van der Waals surface area contributed by atoms with E-state index in [1.54, 1.807) is 0 Å². The second-order valence-corrected chi connectivity index (χ2v) is 4.72. The minimum absolute atomic E-state index is 0.116. The number of halogens is 3. The first-order valence-electron chi connectivity index (χ1n) is 4.04. The summed E-state index contributed by atoms with van der Waals surface area (Å²) in [5.74, 6) is 0. The molecular weight excluding hydrogens is 247 g/mol. The first-order valence-corrected chi connectivity index (χ1v) is 5.48. The minimum Gasteiger partial charge on any atom is -0.292 e. The molecule has 0 aliphatic rings. The van der Waals surface area contributed by atoms with Gasteiger partial charge in [0, 0.05) is 4.47 Å². The molecule has 8 heteroatoms. The van der Waals surface area contributed by atoms with Gasteiger partial charge in [0.15, 0.2) is 0 Å². The Hall–Kier alpha value is -1.12. The van der Waals surface area contributed by atoms with E-state index in [4.69, 9.17) is 5.21 Å². The zero-order valence-corrected chi connectivity index (χ0v) is 8.88. The van der Waals surface area contributed by atoms with Crippen LogP contribution in [0.2, 0.25) is 0 Å². The van der Waals surface area contributed by atoms with Crippen molar-refractivity contribution in [3.8, 4) is 0 Å². The zero-order chi connectivity index (χ0) is 12.6. The van der Waals surface area contributed by atoms with Crippen molar-refractivity contribution < 1.29 is 26.8 Å². The molecule has 0 heterocycles. The largest absolute Gasteiger partial charge is 0.497 e. The van der Waals surface area contributed by atoms with Crippen LogP contribution in [-0.2, 0) is 10.0 Å². The summed E-state index contributed by atoms with van der Waals surface area (Å²) in [6.45, 7) is 1.33. The number of rotatable bonds is 2. The highest BCUT2D eigenvalue weighted by Crippen LogP contribution is 2.27. The molecule has 0 bridgehead atoms. The molecule has 4 nitrogen and oxygen atoms in total. The number of aryl methyl sites for hydroxylation is 1. The van der Waals surface area contributed by atoms with Crippen LogP contribution in [0.1, 0.15) is 5.56 Å². The van der Waals surface area contributed by atoms with E-state index in [0.717, 1.165) is 6.07 Å². The molecule has 0 radical (unpaired) electrons. The van der Waals surface area contributed by atoms with Gasteiger partial charge in [0.05, 0.1) is 4.90 Å². The van der Waals surface area contributed by atoms with E-state index in [9.17, 15) is 21.6 Å². The van der Waals surface area contributed by atoms with Gasteiger partial charge < -0.3 is 0 Å². The maximum Gasteiger partial charge on any atom is 0.497 e. The second-order valence-electron chi connectivity index (χ2n) is 2.98.